The van der Waals surface area contributed by atoms with Crippen LogP contribution < -0.4 is 16.4 Å². The zero-order valence-electron chi connectivity index (χ0n) is 18.6. The molecule has 1 fully saturated rings. The molecule has 4 amide bonds. The summed E-state index contributed by atoms with van der Waals surface area (Å²) in [5.41, 5.74) is 6.91. The molecule has 2 atom stereocenters. The largest absolute Gasteiger partial charge is 0.368 e. The number of likely N-dealkylation sites (tertiary alicyclic amines) is 1. The fourth-order valence-electron chi connectivity index (χ4n) is 3.79. The molecule has 4 N–H and O–H groups in total. The third kappa shape index (κ3) is 6.99. The maximum atomic E-state index is 13.2. The van der Waals surface area contributed by atoms with E-state index in [0.717, 1.165) is 5.56 Å². The maximum absolute atomic E-state index is 13.2. The molecule has 0 bridgehead atoms. The van der Waals surface area contributed by atoms with Crippen LogP contribution in [0.1, 0.15) is 24.0 Å². The van der Waals surface area contributed by atoms with Crippen molar-refractivity contribution in [1.29, 1.82) is 0 Å². The summed E-state index contributed by atoms with van der Waals surface area (Å²) >= 11 is 0. The zero-order chi connectivity index (χ0) is 24.5. The van der Waals surface area contributed by atoms with E-state index in [1.807, 2.05) is 30.3 Å². The smallest absolute Gasteiger partial charge is 0.246 e. The van der Waals surface area contributed by atoms with Crippen LogP contribution in [0.15, 0.2) is 60.7 Å². The van der Waals surface area contributed by atoms with Gasteiger partial charge in [-0.1, -0.05) is 42.5 Å². The maximum Gasteiger partial charge on any atom is 0.246 e. The molecule has 1 aliphatic heterocycles. The van der Waals surface area contributed by atoms with Crippen LogP contribution in [-0.2, 0) is 25.6 Å². The van der Waals surface area contributed by atoms with Crippen molar-refractivity contribution >= 4 is 29.7 Å². The fraction of sp³-hybridized carbons (Fsp3) is 0.280. The lowest BCUT2D eigenvalue weighted by Gasteiger charge is -2.28. The van der Waals surface area contributed by atoms with Gasteiger partial charge in [-0.2, -0.15) is 0 Å². The van der Waals surface area contributed by atoms with Crippen LogP contribution in [0.3, 0.4) is 0 Å². The summed E-state index contributed by atoms with van der Waals surface area (Å²) in [5, 5.41) is 5.13. The molecule has 0 spiro atoms. The third-order valence-corrected chi connectivity index (χ3v) is 5.50. The molecule has 0 radical (unpaired) electrons. The van der Waals surface area contributed by atoms with Gasteiger partial charge < -0.3 is 21.3 Å². The third-order valence-electron chi connectivity index (χ3n) is 5.50. The predicted molar refractivity (Wildman–Crippen MR) is 124 cm³/mol. The Labute approximate surface area is 197 Å². The average Bonchev–Trinajstić information content (AvgIpc) is 3.32. The van der Waals surface area contributed by atoms with Gasteiger partial charge in [0.1, 0.15) is 17.9 Å². The van der Waals surface area contributed by atoms with Gasteiger partial charge in [0.15, 0.2) is 0 Å². The first-order valence-electron chi connectivity index (χ1n) is 11.0. The summed E-state index contributed by atoms with van der Waals surface area (Å²) in [7, 11) is 0. The number of nitrogens with two attached hydrogens (primary N) is 1. The van der Waals surface area contributed by atoms with E-state index in [4.69, 9.17) is 5.73 Å². The molecule has 34 heavy (non-hydrogen) atoms. The fourth-order valence-corrected chi connectivity index (χ4v) is 3.79. The zero-order valence-corrected chi connectivity index (χ0v) is 18.6. The average molecular weight is 467 g/mol. The molecule has 1 heterocycles. The van der Waals surface area contributed by atoms with Gasteiger partial charge >= 0.3 is 0 Å². The first-order valence-corrected chi connectivity index (χ1v) is 11.0. The van der Waals surface area contributed by atoms with Gasteiger partial charge in [0.2, 0.25) is 23.6 Å². The Balaban J connectivity index is 1.61. The number of nitrogens with zero attached hydrogens (tertiary/aromatic N) is 1. The quantitative estimate of drug-likeness (QED) is 0.480. The highest BCUT2D eigenvalue weighted by Crippen LogP contribution is 2.19. The molecule has 0 aliphatic carbocycles. The van der Waals surface area contributed by atoms with Crippen LogP contribution in [0.4, 0.5) is 4.39 Å². The number of hydrogen-bond donors (Lipinski definition) is 3. The highest BCUT2D eigenvalue weighted by molar-refractivity contribution is 5.96. The van der Waals surface area contributed by atoms with E-state index in [0.29, 0.717) is 24.9 Å². The molecule has 3 rings (SSSR count). The second-order valence-electron chi connectivity index (χ2n) is 8.00. The topological polar surface area (TPSA) is 122 Å². The van der Waals surface area contributed by atoms with Gasteiger partial charge in [-0.3, -0.25) is 19.2 Å². The van der Waals surface area contributed by atoms with Crippen molar-refractivity contribution in [3.8, 4) is 0 Å². The number of carbonyl (C=O) groups excluding carboxylic acids is 4. The Bertz CT molecular complexity index is 1060. The van der Waals surface area contributed by atoms with Gasteiger partial charge in [0.25, 0.3) is 0 Å². The summed E-state index contributed by atoms with van der Waals surface area (Å²) in [6.45, 7) is 0.0446. The minimum absolute atomic E-state index is 0.228. The molecular weight excluding hydrogens is 439 g/mol. The summed E-state index contributed by atoms with van der Waals surface area (Å²) in [6.07, 6.45) is 4.09. The van der Waals surface area contributed by atoms with E-state index in [1.165, 1.54) is 41.3 Å². The highest BCUT2D eigenvalue weighted by Gasteiger charge is 2.36. The van der Waals surface area contributed by atoms with E-state index in [2.05, 4.69) is 10.6 Å². The van der Waals surface area contributed by atoms with Crippen molar-refractivity contribution in [3.63, 3.8) is 0 Å². The standard InChI is InChI=1S/C25H27FN4O4/c26-19-11-8-17(9-12-19)10-13-22(31)28-16-23(32)29-20(15-18-5-2-1-3-6-18)25(34)30-14-4-7-21(30)24(27)33/h1-3,5-6,8-13,20-21H,4,7,14-16H2,(H2,27,33)(H,28,31)(H,29,32)/t20-,21-/m0/s1. The summed E-state index contributed by atoms with van der Waals surface area (Å²) < 4.78 is 13.0. The van der Waals surface area contributed by atoms with Crippen molar-refractivity contribution in [3.05, 3.63) is 77.6 Å². The Hall–Kier alpha value is -4.01. The van der Waals surface area contributed by atoms with Gasteiger partial charge in [-0.25, -0.2) is 4.39 Å². The second kappa shape index (κ2) is 11.7. The summed E-state index contributed by atoms with van der Waals surface area (Å²) in [6, 6.07) is 13.2. The van der Waals surface area contributed by atoms with Gasteiger partial charge in [0, 0.05) is 19.0 Å². The number of primary amides is 1. The predicted octanol–water partition coefficient (Wildman–Crippen LogP) is 1.16. The molecule has 178 valence electrons. The number of hydrogen-bond acceptors (Lipinski definition) is 4. The lowest BCUT2D eigenvalue weighted by Crippen LogP contribution is -2.54. The summed E-state index contributed by atoms with van der Waals surface area (Å²) in [5.74, 6) is -2.41. The lowest BCUT2D eigenvalue weighted by atomic mass is 10.0. The monoisotopic (exact) mass is 466 g/mol. The van der Waals surface area contributed by atoms with Crippen molar-refractivity contribution in [2.45, 2.75) is 31.3 Å². The Morgan fingerprint density at radius 2 is 1.79 bits per heavy atom. The molecule has 1 saturated heterocycles. The van der Waals surface area contributed by atoms with Crippen LogP contribution in [0.5, 0.6) is 0 Å². The second-order valence-corrected chi connectivity index (χ2v) is 8.00. The van der Waals surface area contributed by atoms with E-state index in [9.17, 15) is 23.6 Å². The Morgan fingerprint density at radius 1 is 1.09 bits per heavy atom. The minimum Gasteiger partial charge on any atom is -0.368 e. The van der Waals surface area contributed by atoms with Crippen LogP contribution in [0, 0.1) is 5.82 Å². The van der Waals surface area contributed by atoms with Crippen molar-refractivity contribution in [2.75, 3.05) is 13.1 Å². The Kier molecular flexibility index (Phi) is 8.50. The SMILES string of the molecule is NC(=O)[C@@H]1CCCN1C(=O)[C@H](Cc1ccccc1)NC(=O)CNC(=O)C=Cc1ccc(F)cc1. The minimum atomic E-state index is -0.915. The molecule has 0 saturated carbocycles. The van der Waals surface area contributed by atoms with E-state index >= 15 is 0 Å². The molecule has 1 aliphatic rings. The number of halogens is 1. The van der Waals surface area contributed by atoms with Gasteiger partial charge in [-0.05, 0) is 42.2 Å². The van der Waals surface area contributed by atoms with E-state index in [-0.39, 0.29) is 24.7 Å². The molecule has 8 nitrogen and oxygen atoms in total. The van der Waals surface area contributed by atoms with Crippen molar-refractivity contribution in [1.82, 2.24) is 15.5 Å². The molecular formula is C25H27FN4O4. The lowest BCUT2D eigenvalue weighted by molar-refractivity contribution is -0.140. The first kappa shape index (κ1) is 24.6. The number of nitrogens with one attached hydrogen (secondary N) is 2. The molecule has 2 aromatic rings. The number of benzene rings is 2. The van der Waals surface area contributed by atoms with Crippen molar-refractivity contribution < 1.29 is 23.6 Å². The first-order chi connectivity index (χ1) is 16.3. The Morgan fingerprint density at radius 3 is 2.47 bits per heavy atom. The van der Waals surface area contributed by atoms with Crippen LogP contribution in [0.25, 0.3) is 6.08 Å². The van der Waals surface area contributed by atoms with Crippen LogP contribution >= 0.6 is 0 Å². The van der Waals surface area contributed by atoms with Crippen molar-refractivity contribution in [2.24, 2.45) is 5.73 Å². The highest BCUT2D eigenvalue weighted by atomic mass is 19.1. The molecule has 0 unspecified atom stereocenters. The molecule has 2 aromatic carbocycles. The number of amides is 4. The molecule has 0 aromatic heterocycles. The van der Waals surface area contributed by atoms with E-state index < -0.39 is 29.8 Å². The van der Waals surface area contributed by atoms with E-state index in [1.54, 1.807) is 0 Å². The van der Waals surface area contributed by atoms with Crippen LogP contribution in [0.2, 0.25) is 0 Å². The molecule has 9 heteroatoms. The summed E-state index contributed by atoms with van der Waals surface area (Å²) in [4.78, 5) is 51.0. The number of rotatable bonds is 9. The van der Waals surface area contributed by atoms with Gasteiger partial charge in [0.05, 0.1) is 6.54 Å². The van der Waals surface area contributed by atoms with Crippen LogP contribution in [-0.4, -0.2) is 53.7 Å². The van der Waals surface area contributed by atoms with Gasteiger partial charge in [-0.15, -0.1) is 0 Å². The number of carbonyl (C=O) groups is 4. The normalized spacial score (nSPS) is 16.3.